The fourth-order valence-electron chi connectivity index (χ4n) is 3.16. The molecule has 1 aliphatic rings. The predicted octanol–water partition coefficient (Wildman–Crippen LogP) is 2.77. The average Bonchev–Trinajstić information content (AvgIpc) is 3.10. The molecule has 3 rings (SSSR count). The van der Waals surface area contributed by atoms with Gasteiger partial charge in [0.25, 0.3) is 5.91 Å². The number of fused-ring (bicyclic) bond motifs is 1. The molecule has 1 aromatic carbocycles. The lowest BCUT2D eigenvalue weighted by atomic mass is 10.0. The monoisotopic (exact) mass is 394 g/mol. The van der Waals surface area contributed by atoms with E-state index in [4.69, 9.17) is 4.74 Å². The Kier molecular flexibility index (Phi) is 5.09. The molecule has 0 spiro atoms. The summed E-state index contributed by atoms with van der Waals surface area (Å²) in [5, 5.41) is 2.05. The molecule has 2 heterocycles. The van der Waals surface area contributed by atoms with E-state index >= 15 is 0 Å². The minimum absolute atomic E-state index is 0.00302. The lowest BCUT2D eigenvalue weighted by Crippen LogP contribution is -2.38. The second kappa shape index (κ2) is 7.02. The SMILES string of the molecule is COc1ccc(C(=O)N2CCc3sccc3C2C)cc1S(=O)(=O)N(C)C. The van der Waals surface area contributed by atoms with Gasteiger partial charge in [-0.15, -0.1) is 11.3 Å². The third-order valence-corrected chi connectivity index (χ3v) is 7.54. The number of sulfonamides is 1. The van der Waals surface area contributed by atoms with Crippen molar-refractivity contribution in [2.45, 2.75) is 24.3 Å². The summed E-state index contributed by atoms with van der Waals surface area (Å²) < 4.78 is 31.5. The van der Waals surface area contributed by atoms with Gasteiger partial charge in [-0.3, -0.25) is 4.79 Å². The van der Waals surface area contributed by atoms with Crippen molar-refractivity contribution in [3.63, 3.8) is 0 Å². The normalized spacial score (nSPS) is 17.3. The highest BCUT2D eigenvalue weighted by Crippen LogP contribution is 2.34. The van der Waals surface area contributed by atoms with Crippen LogP contribution in [0, 0.1) is 0 Å². The van der Waals surface area contributed by atoms with Crippen LogP contribution in [-0.4, -0.2) is 51.3 Å². The van der Waals surface area contributed by atoms with Gasteiger partial charge in [-0.1, -0.05) is 0 Å². The lowest BCUT2D eigenvalue weighted by molar-refractivity contribution is 0.0679. The molecule has 0 N–H and O–H groups in total. The molecule has 0 bridgehead atoms. The number of benzene rings is 1. The topological polar surface area (TPSA) is 66.9 Å². The van der Waals surface area contributed by atoms with E-state index in [-0.39, 0.29) is 22.6 Å². The Labute approximate surface area is 158 Å². The van der Waals surface area contributed by atoms with E-state index in [1.807, 2.05) is 12.3 Å². The molecular formula is C18H22N2O4S2. The number of ether oxygens (including phenoxy) is 1. The van der Waals surface area contributed by atoms with Crippen molar-refractivity contribution in [1.29, 1.82) is 0 Å². The molecule has 1 aromatic heterocycles. The highest BCUT2D eigenvalue weighted by molar-refractivity contribution is 7.89. The number of nitrogens with zero attached hydrogens (tertiary/aromatic N) is 2. The zero-order chi connectivity index (χ0) is 19.1. The molecule has 0 saturated carbocycles. The minimum atomic E-state index is -3.72. The molecular weight excluding hydrogens is 372 g/mol. The number of rotatable bonds is 4. The molecule has 0 aliphatic carbocycles. The Morgan fingerprint density at radius 1 is 1.31 bits per heavy atom. The van der Waals surface area contributed by atoms with Gasteiger partial charge in [0.05, 0.1) is 13.2 Å². The highest BCUT2D eigenvalue weighted by Gasteiger charge is 2.30. The van der Waals surface area contributed by atoms with Gasteiger partial charge in [0.1, 0.15) is 10.6 Å². The van der Waals surface area contributed by atoms with E-state index in [0.717, 1.165) is 10.7 Å². The van der Waals surface area contributed by atoms with Crippen molar-refractivity contribution in [2.75, 3.05) is 27.7 Å². The van der Waals surface area contributed by atoms with Crippen LogP contribution in [0.15, 0.2) is 34.5 Å². The van der Waals surface area contributed by atoms with Crippen LogP contribution in [0.2, 0.25) is 0 Å². The van der Waals surface area contributed by atoms with Crippen LogP contribution < -0.4 is 4.74 Å². The molecule has 140 valence electrons. The van der Waals surface area contributed by atoms with Gasteiger partial charge in [-0.2, -0.15) is 0 Å². The zero-order valence-electron chi connectivity index (χ0n) is 15.2. The Balaban J connectivity index is 1.99. The number of thiophene rings is 1. The molecule has 1 amide bonds. The van der Waals surface area contributed by atoms with Gasteiger partial charge in [-0.05, 0) is 48.6 Å². The first-order chi connectivity index (χ1) is 12.3. The van der Waals surface area contributed by atoms with Crippen LogP contribution >= 0.6 is 11.3 Å². The van der Waals surface area contributed by atoms with Crippen molar-refractivity contribution in [2.24, 2.45) is 0 Å². The smallest absolute Gasteiger partial charge is 0.254 e. The van der Waals surface area contributed by atoms with E-state index in [1.165, 1.54) is 43.8 Å². The predicted molar refractivity (Wildman–Crippen MR) is 101 cm³/mol. The van der Waals surface area contributed by atoms with Gasteiger partial charge >= 0.3 is 0 Å². The van der Waals surface area contributed by atoms with Gasteiger partial charge in [0.2, 0.25) is 10.0 Å². The van der Waals surface area contributed by atoms with Gasteiger partial charge in [-0.25, -0.2) is 12.7 Å². The van der Waals surface area contributed by atoms with Crippen molar-refractivity contribution < 1.29 is 17.9 Å². The van der Waals surface area contributed by atoms with E-state index in [0.29, 0.717) is 12.1 Å². The third kappa shape index (κ3) is 3.13. The number of carbonyl (C=O) groups excluding carboxylic acids is 1. The van der Waals surface area contributed by atoms with Crippen molar-refractivity contribution in [1.82, 2.24) is 9.21 Å². The number of carbonyl (C=O) groups is 1. The molecule has 1 atom stereocenters. The van der Waals surface area contributed by atoms with Crippen molar-refractivity contribution >= 4 is 27.3 Å². The summed E-state index contributed by atoms with van der Waals surface area (Å²) in [5.74, 6) is 0.0503. The first-order valence-corrected chi connectivity index (χ1v) is 10.6. The summed E-state index contributed by atoms with van der Waals surface area (Å²) in [6, 6.07) is 6.58. The maximum Gasteiger partial charge on any atom is 0.254 e. The Hall–Kier alpha value is -1.90. The lowest BCUT2D eigenvalue weighted by Gasteiger charge is -2.34. The van der Waals surface area contributed by atoms with Crippen LogP contribution in [-0.2, 0) is 16.4 Å². The molecule has 0 fully saturated rings. The quantitative estimate of drug-likeness (QED) is 0.800. The molecule has 1 unspecified atom stereocenters. The van der Waals surface area contributed by atoms with Gasteiger partial charge in [0, 0.05) is 31.1 Å². The third-order valence-electron chi connectivity index (χ3n) is 4.71. The van der Waals surface area contributed by atoms with Crippen LogP contribution in [0.5, 0.6) is 5.75 Å². The van der Waals surface area contributed by atoms with Gasteiger partial charge in [0.15, 0.2) is 0 Å². The molecule has 0 radical (unpaired) electrons. The second-order valence-corrected chi connectivity index (χ2v) is 9.50. The van der Waals surface area contributed by atoms with Crippen LogP contribution in [0.25, 0.3) is 0 Å². The summed E-state index contributed by atoms with van der Waals surface area (Å²) in [4.78, 5) is 16.2. The van der Waals surface area contributed by atoms with Crippen molar-refractivity contribution in [3.05, 3.63) is 45.6 Å². The maximum absolute atomic E-state index is 13.1. The summed E-state index contributed by atoms with van der Waals surface area (Å²) >= 11 is 1.71. The number of hydrogen-bond acceptors (Lipinski definition) is 5. The first-order valence-electron chi connectivity index (χ1n) is 8.25. The molecule has 2 aromatic rings. The average molecular weight is 395 g/mol. The Morgan fingerprint density at radius 2 is 2.04 bits per heavy atom. The second-order valence-electron chi connectivity index (χ2n) is 6.38. The van der Waals surface area contributed by atoms with Crippen LogP contribution in [0.1, 0.15) is 33.8 Å². The summed E-state index contributed by atoms with van der Waals surface area (Å²) in [6.45, 7) is 2.62. The van der Waals surface area contributed by atoms with E-state index in [1.54, 1.807) is 22.3 Å². The first kappa shape index (κ1) is 18.9. The van der Waals surface area contributed by atoms with Crippen molar-refractivity contribution in [3.8, 4) is 5.75 Å². The highest BCUT2D eigenvalue weighted by atomic mass is 32.2. The fraction of sp³-hybridized carbons (Fsp3) is 0.389. The number of hydrogen-bond donors (Lipinski definition) is 0. The number of methoxy groups -OCH3 is 1. The van der Waals surface area contributed by atoms with E-state index < -0.39 is 10.0 Å². The van der Waals surface area contributed by atoms with Gasteiger partial charge < -0.3 is 9.64 Å². The minimum Gasteiger partial charge on any atom is -0.495 e. The summed E-state index contributed by atoms with van der Waals surface area (Å²) in [6.07, 6.45) is 0.822. The standard InChI is InChI=1S/C18H22N2O4S2/c1-12-14-8-10-25-16(14)7-9-20(12)18(21)13-5-6-15(24-4)17(11-13)26(22,23)19(2)3/h5-6,8,10-12H,7,9H2,1-4H3. The fourth-order valence-corrected chi connectivity index (χ4v) is 5.20. The summed E-state index contributed by atoms with van der Waals surface area (Å²) in [5.41, 5.74) is 1.51. The largest absolute Gasteiger partial charge is 0.495 e. The molecule has 26 heavy (non-hydrogen) atoms. The molecule has 8 heteroatoms. The Bertz CT molecular complexity index is 934. The van der Waals surface area contributed by atoms with E-state index in [2.05, 4.69) is 6.07 Å². The van der Waals surface area contributed by atoms with E-state index in [9.17, 15) is 13.2 Å². The molecule has 1 aliphatic heterocycles. The van der Waals surface area contributed by atoms with Crippen LogP contribution in [0.3, 0.4) is 0 Å². The molecule has 6 nitrogen and oxygen atoms in total. The number of amides is 1. The van der Waals surface area contributed by atoms with Crippen LogP contribution in [0.4, 0.5) is 0 Å². The molecule has 0 saturated heterocycles. The Morgan fingerprint density at radius 3 is 2.69 bits per heavy atom. The maximum atomic E-state index is 13.1. The summed E-state index contributed by atoms with van der Waals surface area (Å²) in [7, 11) is 0.598. The zero-order valence-corrected chi connectivity index (χ0v) is 16.9.